The average molecular weight is 208 g/mol. The van der Waals surface area contributed by atoms with Crippen LogP contribution in [0.15, 0.2) is 28.9 Å². The number of hydrogen-bond donors (Lipinski definition) is 0. The quantitative estimate of drug-likeness (QED) is 0.734. The van der Waals surface area contributed by atoms with E-state index in [-0.39, 0.29) is 0 Å². The standard InChI is InChI=1S/C12H12ClO/c1-2-3-4-9-8-14-12-6-5-10(13)7-11(9)12/h5-8H,1-4H2. The van der Waals surface area contributed by atoms with Gasteiger partial charge >= 0.3 is 0 Å². The number of hydrogen-bond acceptors (Lipinski definition) is 1. The summed E-state index contributed by atoms with van der Waals surface area (Å²) in [7, 11) is 0. The summed E-state index contributed by atoms with van der Waals surface area (Å²) in [5, 5.41) is 1.89. The third-order valence-electron chi connectivity index (χ3n) is 2.31. The minimum absolute atomic E-state index is 0.759. The average Bonchev–Trinajstić information content (AvgIpc) is 2.57. The summed E-state index contributed by atoms with van der Waals surface area (Å²) in [6, 6.07) is 5.71. The molecule has 0 N–H and O–H groups in total. The summed E-state index contributed by atoms with van der Waals surface area (Å²) in [6.45, 7) is 3.83. The zero-order chi connectivity index (χ0) is 9.97. The SMILES string of the molecule is [CH2]CCCc1coc2ccc(Cl)cc12. The van der Waals surface area contributed by atoms with Gasteiger partial charge in [-0.3, -0.25) is 0 Å². The van der Waals surface area contributed by atoms with E-state index in [1.54, 1.807) is 0 Å². The highest BCUT2D eigenvalue weighted by molar-refractivity contribution is 6.31. The van der Waals surface area contributed by atoms with Gasteiger partial charge in [0.05, 0.1) is 6.26 Å². The number of unbranched alkanes of at least 4 members (excludes halogenated alkanes) is 1. The number of fused-ring (bicyclic) bond motifs is 1. The lowest BCUT2D eigenvalue weighted by molar-refractivity contribution is 0.609. The molecule has 0 spiro atoms. The Bertz CT molecular complexity index is 431. The Hall–Kier alpha value is -0.950. The molecule has 2 heteroatoms. The fourth-order valence-corrected chi connectivity index (χ4v) is 1.74. The van der Waals surface area contributed by atoms with E-state index in [4.69, 9.17) is 16.0 Å². The van der Waals surface area contributed by atoms with Crippen molar-refractivity contribution in [2.45, 2.75) is 19.3 Å². The molecule has 1 aromatic carbocycles. The van der Waals surface area contributed by atoms with Crippen LogP contribution in [0.5, 0.6) is 0 Å². The first kappa shape index (κ1) is 9.60. The second kappa shape index (κ2) is 4.05. The van der Waals surface area contributed by atoms with Crippen LogP contribution in [0.1, 0.15) is 18.4 Å². The lowest BCUT2D eigenvalue weighted by Gasteiger charge is -1.95. The Kier molecular flexibility index (Phi) is 2.78. The van der Waals surface area contributed by atoms with Gasteiger partial charge in [0.1, 0.15) is 5.58 Å². The Labute approximate surface area is 88.7 Å². The molecule has 0 atom stereocenters. The van der Waals surface area contributed by atoms with Crippen molar-refractivity contribution in [2.75, 3.05) is 0 Å². The highest BCUT2D eigenvalue weighted by Gasteiger charge is 2.05. The zero-order valence-corrected chi connectivity index (χ0v) is 8.68. The van der Waals surface area contributed by atoms with Crippen LogP contribution in [-0.2, 0) is 6.42 Å². The predicted octanol–water partition coefficient (Wildman–Crippen LogP) is 4.24. The Morgan fingerprint density at radius 3 is 3.00 bits per heavy atom. The largest absolute Gasteiger partial charge is 0.464 e. The first-order valence-electron chi connectivity index (χ1n) is 4.76. The maximum absolute atomic E-state index is 5.93. The molecule has 0 fully saturated rings. The summed E-state index contributed by atoms with van der Waals surface area (Å²) >= 11 is 5.93. The van der Waals surface area contributed by atoms with E-state index in [1.807, 2.05) is 24.5 Å². The molecule has 0 unspecified atom stereocenters. The van der Waals surface area contributed by atoms with Crippen LogP contribution >= 0.6 is 11.6 Å². The van der Waals surface area contributed by atoms with E-state index < -0.39 is 0 Å². The van der Waals surface area contributed by atoms with Gasteiger partial charge < -0.3 is 4.42 Å². The molecule has 0 aliphatic heterocycles. The van der Waals surface area contributed by atoms with Crippen molar-refractivity contribution in [3.63, 3.8) is 0 Å². The fraction of sp³-hybridized carbons (Fsp3) is 0.250. The molecule has 0 bridgehead atoms. The van der Waals surface area contributed by atoms with Gasteiger partial charge in [0, 0.05) is 10.4 Å². The van der Waals surface area contributed by atoms with Crippen LogP contribution in [0.3, 0.4) is 0 Å². The number of furan rings is 1. The molecule has 0 aliphatic carbocycles. The fourth-order valence-electron chi connectivity index (χ4n) is 1.56. The summed E-state index contributed by atoms with van der Waals surface area (Å²) in [6.07, 6.45) is 4.86. The van der Waals surface area contributed by atoms with Gasteiger partial charge in [-0.2, -0.15) is 0 Å². The molecule has 2 aromatic rings. The Morgan fingerprint density at radius 1 is 1.36 bits per heavy atom. The topological polar surface area (TPSA) is 13.1 Å². The van der Waals surface area contributed by atoms with Gasteiger partial charge in [0.25, 0.3) is 0 Å². The van der Waals surface area contributed by atoms with E-state index >= 15 is 0 Å². The molecule has 1 aromatic heterocycles. The van der Waals surface area contributed by atoms with Crippen LogP contribution in [0.4, 0.5) is 0 Å². The zero-order valence-electron chi connectivity index (χ0n) is 7.92. The Morgan fingerprint density at radius 2 is 2.21 bits per heavy atom. The van der Waals surface area contributed by atoms with Crippen molar-refractivity contribution in [3.8, 4) is 0 Å². The molecular formula is C12H12ClO. The van der Waals surface area contributed by atoms with Crippen LogP contribution in [0.2, 0.25) is 5.02 Å². The van der Waals surface area contributed by atoms with Crippen molar-refractivity contribution in [1.29, 1.82) is 0 Å². The number of halogens is 1. The molecule has 73 valence electrons. The number of benzene rings is 1. The van der Waals surface area contributed by atoms with Crippen LogP contribution < -0.4 is 0 Å². The first-order chi connectivity index (χ1) is 6.81. The van der Waals surface area contributed by atoms with Gasteiger partial charge in [-0.05, 0) is 36.6 Å². The number of aryl methyl sites for hydroxylation is 1. The highest BCUT2D eigenvalue weighted by Crippen LogP contribution is 2.25. The normalized spacial score (nSPS) is 11.0. The van der Waals surface area contributed by atoms with Gasteiger partial charge in [0.2, 0.25) is 0 Å². The summed E-state index contributed by atoms with van der Waals surface area (Å²) in [5.74, 6) is 0. The molecule has 0 saturated carbocycles. The van der Waals surface area contributed by atoms with E-state index in [2.05, 4.69) is 6.92 Å². The van der Waals surface area contributed by atoms with Crippen molar-refractivity contribution < 1.29 is 4.42 Å². The van der Waals surface area contributed by atoms with Crippen LogP contribution in [-0.4, -0.2) is 0 Å². The van der Waals surface area contributed by atoms with Gasteiger partial charge in [-0.25, -0.2) is 0 Å². The summed E-state index contributed by atoms with van der Waals surface area (Å²) < 4.78 is 5.42. The molecule has 2 rings (SSSR count). The molecule has 14 heavy (non-hydrogen) atoms. The van der Waals surface area contributed by atoms with Crippen LogP contribution in [0, 0.1) is 6.92 Å². The van der Waals surface area contributed by atoms with Crippen molar-refractivity contribution in [1.82, 2.24) is 0 Å². The molecule has 0 aliphatic rings. The predicted molar refractivity (Wildman–Crippen MR) is 59.5 cm³/mol. The molecular weight excluding hydrogens is 196 g/mol. The smallest absolute Gasteiger partial charge is 0.134 e. The lowest BCUT2D eigenvalue weighted by Crippen LogP contribution is -1.81. The van der Waals surface area contributed by atoms with Crippen molar-refractivity contribution >= 4 is 22.6 Å². The van der Waals surface area contributed by atoms with E-state index in [0.717, 1.165) is 35.3 Å². The first-order valence-corrected chi connectivity index (χ1v) is 5.14. The third-order valence-corrected chi connectivity index (χ3v) is 2.55. The van der Waals surface area contributed by atoms with E-state index in [9.17, 15) is 0 Å². The van der Waals surface area contributed by atoms with E-state index in [0.29, 0.717) is 0 Å². The minimum atomic E-state index is 0.759. The molecule has 1 heterocycles. The molecule has 1 radical (unpaired) electrons. The van der Waals surface area contributed by atoms with Gasteiger partial charge in [0.15, 0.2) is 0 Å². The molecule has 0 amide bonds. The lowest BCUT2D eigenvalue weighted by atomic mass is 10.1. The monoisotopic (exact) mass is 207 g/mol. The molecule has 1 nitrogen and oxygen atoms in total. The highest BCUT2D eigenvalue weighted by atomic mass is 35.5. The third kappa shape index (κ3) is 1.78. The summed E-state index contributed by atoms with van der Waals surface area (Å²) in [4.78, 5) is 0. The number of rotatable bonds is 3. The van der Waals surface area contributed by atoms with Crippen LogP contribution in [0.25, 0.3) is 11.0 Å². The van der Waals surface area contributed by atoms with E-state index in [1.165, 1.54) is 5.56 Å². The van der Waals surface area contributed by atoms with Gasteiger partial charge in [-0.1, -0.05) is 24.9 Å². The minimum Gasteiger partial charge on any atom is -0.464 e. The molecule has 0 saturated heterocycles. The van der Waals surface area contributed by atoms with Crippen molar-refractivity contribution in [2.24, 2.45) is 0 Å². The van der Waals surface area contributed by atoms with Gasteiger partial charge in [-0.15, -0.1) is 0 Å². The summed E-state index contributed by atoms with van der Waals surface area (Å²) in [5.41, 5.74) is 2.14. The Balaban J connectivity index is 2.40. The second-order valence-electron chi connectivity index (χ2n) is 3.36. The maximum atomic E-state index is 5.93. The van der Waals surface area contributed by atoms with Crippen molar-refractivity contribution in [3.05, 3.63) is 42.0 Å². The second-order valence-corrected chi connectivity index (χ2v) is 3.79. The maximum Gasteiger partial charge on any atom is 0.134 e.